The lowest BCUT2D eigenvalue weighted by Crippen LogP contribution is -2.22. The number of carbonyl (C=O) groups excluding carboxylic acids is 1. The van der Waals surface area contributed by atoms with Crippen LogP contribution in [0.5, 0.6) is 0 Å². The minimum Gasteiger partial charge on any atom is -0.378 e. The number of anilines is 3. The maximum Gasteiger partial charge on any atom is 0.251 e. The second-order valence-corrected chi connectivity index (χ2v) is 7.85. The van der Waals surface area contributed by atoms with Crippen LogP contribution in [0.3, 0.4) is 0 Å². The number of thiazole rings is 1. The van der Waals surface area contributed by atoms with Crippen LogP contribution < -0.4 is 15.5 Å². The van der Waals surface area contributed by atoms with E-state index in [1.165, 1.54) is 11.3 Å². The van der Waals surface area contributed by atoms with Gasteiger partial charge in [0, 0.05) is 50.0 Å². The molecule has 0 saturated carbocycles. The number of hydrogen-bond acceptors (Lipinski definition) is 6. The van der Waals surface area contributed by atoms with E-state index in [2.05, 4.69) is 37.6 Å². The summed E-state index contributed by atoms with van der Waals surface area (Å²) in [7, 11) is 4.02. The lowest BCUT2D eigenvalue weighted by Gasteiger charge is -2.13. The summed E-state index contributed by atoms with van der Waals surface area (Å²) in [5, 5.41) is 7.08. The Morgan fingerprint density at radius 2 is 2.00 bits per heavy atom. The van der Waals surface area contributed by atoms with Crippen molar-refractivity contribution in [3.05, 3.63) is 78.1 Å². The molecule has 1 amide bonds. The number of hydrogen-bond donors (Lipinski definition) is 2. The molecule has 0 radical (unpaired) electrons. The van der Waals surface area contributed by atoms with Crippen molar-refractivity contribution in [2.24, 2.45) is 0 Å². The molecular formula is C22H21N5OS. The van der Waals surface area contributed by atoms with E-state index in [0.717, 1.165) is 32.3 Å². The van der Waals surface area contributed by atoms with Crippen molar-refractivity contribution >= 4 is 44.0 Å². The zero-order valence-electron chi connectivity index (χ0n) is 16.2. The third-order valence-corrected chi connectivity index (χ3v) is 5.37. The van der Waals surface area contributed by atoms with Gasteiger partial charge >= 0.3 is 0 Å². The molecule has 29 heavy (non-hydrogen) atoms. The van der Waals surface area contributed by atoms with Crippen LogP contribution in [-0.2, 0) is 6.54 Å². The molecule has 0 aliphatic heterocycles. The summed E-state index contributed by atoms with van der Waals surface area (Å²) in [5.74, 6) is -0.114. The minimum atomic E-state index is -0.114. The molecular weight excluding hydrogens is 382 g/mol. The van der Waals surface area contributed by atoms with Crippen molar-refractivity contribution < 1.29 is 4.79 Å². The van der Waals surface area contributed by atoms with Crippen LogP contribution in [0.2, 0.25) is 0 Å². The van der Waals surface area contributed by atoms with E-state index in [4.69, 9.17) is 0 Å². The highest BCUT2D eigenvalue weighted by molar-refractivity contribution is 7.22. The Labute approximate surface area is 173 Å². The molecule has 0 saturated heterocycles. The minimum absolute atomic E-state index is 0.114. The third kappa shape index (κ3) is 4.52. The Morgan fingerprint density at radius 1 is 1.10 bits per heavy atom. The molecule has 7 heteroatoms. The summed E-state index contributed by atoms with van der Waals surface area (Å²) < 4.78 is 0.963. The average Bonchev–Trinajstić information content (AvgIpc) is 3.14. The highest BCUT2D eigenvalue weighted by Gasteiger charge is 2.10. The molecule has 4 rings (SSSR count). The van der Waals surface area contributed by atoms with Crippen LogP contribution >= 0.6 is 11.3 Å². The Hall–Kier alpha value is -3.45. The Kier molecular flexibility index (Phi) is 5.39. The molecule has 2 aromatic carbocycles. The van der Waals surface area contributed by atoms with Gasteiger partial charge in [0.25, 0.3) is 5.91 Å². The topological polar surface area (TPSA) is 70.2 Å². The number of benzene rings is 2. The summed E-state index contributed by atoms with van der Waals surface area (Å²) in [6.45, 7) is 0.447. The second-order valence-electron chi connectivity index (χ2n) is 6.82. The van der Waals surface area contributed by atoms with Crippen molar-refractivity contribution in [3.63, 3.8) is 0 Å². The molecule has 0 fully saturated rings. The quantitative estimate of drug-likeness (QED) is 0.498. The first-order valence-corrected chi connectivity index (χ1v) is 10.0. The predicted molar refractivity (Wildman–Crippen MR) is 119 cm³/mol. The fourth-order valence-corrected chi connectivity index (χ4v) is 3.82. The summed E-state index contributed by atoms with van der Waals surface area (Å²) in [5.41, 5.74) is 4.54. The number of rotatable bonds is 6. The smallest absolute Gasteiger partial charge is 0.251 e. The van der Waals surface area contributed by atoms with Gasteiger partial charge in [0.1, 0.15) is 0 Å². The first kappa shape index (κ1) is 18.9. The number of carbonyl (C=O) groups is 1. The van der Waals surface area contributed by atoms with Crippen molar-refractivity contribution in [3.8, 4) is 0 Å². The molecule has 0 unspecified atom stereocenters. The van der Waals surface area contributed by atoms with Crippen LogP contribution in [0.15, 0.2) is 67.0 Å². The predicted octanol–water partition coefficient (Wildman–Crippen LogP) is 4.43. The van der Waals surface area contributed by atoms with Gasteiger partial charge in [-0.25, -0.2) is 4.98 Å². The summed E-state index contributed by atoms with van der Waals surface area (Å²) in [6.07, 6.45) is 3.46. The first-order valence-electron chi connectivity index (χ1n) is 9.20. The molecule has 4 aromatic rings. The van der Waals surface area contributed by atoms with Gasteiger partial charge in [-0.05, 0) is 48.0 Å². The Balaban J connectivity index is 1.48. The molecule has 2 N–H and O–H groups in total. The van der Waals surface area contributed by atoms with Gasteiger partial charge in [0.05, 0.1) is 10.2 Å². The first-order chi connectivity index (χ1) is 14.1. The molecule has 0 spiro atoms. The summed E-state index contributed by atoms with van der Waals surface area (Å²) >= 11 is 1.53. The van der Waals surface area contributed by atoms with Gasteiger partial charge in [0.15, 0.2) is 5.13 Å². The van der Waals surface area contributed by atoms with Gasteiger partial charge in [-0.1, -0.05) is 23.5 Å². The fourth-order valence-electron chi connectivity index (χ4n) is 2.89. The van der Waals surface area contributed by atoms with E-state index in [1.54, 1.807) is 18.5 Å². The summed E-state index contributed by atoms with van der Waals surface area (Å²) in [6, 6.07) is 17.5. The molecule has 2 heterocycles. The van der Waals surface area contributed by atoms with E-state index in [-0.39, 0.29) is 5.91 Å². The number of fused-ring (bicyclic) bond motifs is 1. The van der Waals surface area contributed by atoms with Crippen molar-refractivity contribution in [1.82, 2.24) is 15.3 Å². The van der Waals surface area contributed by atoms with Crippen LogP contribution in [0, 0.1) is 0 Å². The third-order valence-electron chi connectivity index (χ3n) is 4.44. The maximum absolute atomic E-state index is 12.5. The van der Waals surface area contributed by atoms with Crippen LogP contribution in [0.4, 0.5) is 16.5 Å². The van der Waals surface area contributed by atoms with E-state index < -0.39 is 0 Å². The number of pyridine rings is 1. The van der Waals surface area contributed by atoms with Gasteiger partial charge in [-0.3, -0.25) is 9.78 Å². The fraction of sp³-hybridized carbons (Fsp3) is 0.136. The monoisotopic (exact) mass is 403 g/mol. The molecule has 2 aromatic heterocycles. The van der Waals surface area contributed by atoms with E-state index in [0.29, 0.717) is 12.1 Å². The standard InChI is InChI=1S/C22H21N5OS/c1-27(2)18-7-3-6-17(12-18)25-22-26-19-9-8-16(11-20(19)29-22)21(28)24-14-15-5-4-10-23-13-15/h3-13H,14H2,1-2H3,(H,24,28)(H,25,26). The molecule has 146 valence electrons. The van der Waals surface area contributed by atoms with Crippen LogP contribution in [0.25, 0.3) is 10.2 Å². The number of nitrogens with one attached hydrogen (secondary N) is 2. The van der Waals surface area contributed by atoms with Crippen LogP contribution in [-0.4, -0.2) is 30.0 Å². The zero-order valence-corrected chi connectivity index (χ0v) is 17.0. The van der Waals surface area contributed by atoms with Gasteiger partial charge in [-0.2, -0.15) is 0 Å². The van der Waals surface area contributed by atoms with Gasteiger partial charge in [0.2, 0.25) is 0 Å². The Morgan fingerprint density at radius 3 is 2.79 bits per heavy atom. The normalized spacial score (nSPS) is 10.7. The molecule has 0 bridgehead atoms. The average molecular weight is 404 g/mol. The van der Waals surface area contributed by atoms with Gasteiger partial charge < -0.3 is 15.5 Å². The van der Waals surface area contributed by atoms with E-state index >= 15 is 0 Å². The lowest BCUT2D eigenvalue weighted by molar-refractivity contribution is 0.0951. The number of aromatic nitrogens is 2. The molecule has 6 nitrogen and oxygen atoms in total. The maximum atomic E-state index is 12.5. The molecule has 0 atom stereocenters. The van der Waals surface area contributed by atoms with E-state index in [9.17, 15) is 4.79 Å². The second kappa shape index (κ2) is 8.28. The van der Waals surface area contributed by atoms with Crippen molar-refractivity contribution in [2.75, 3.05) is 24.3 Å². The molecule has 0 aliphatic rings. The van der Waals surface area contributed by atoms with Crippen LogP contribution in [0.1, 0.15) is 15.9 Å². The Bertz CT molecular complexity index is 1140. The molecule has 0 aliphatic carbocycles. The largest absolute Gasteiger partial charge is 0.378 e. The number of amides is 1. The van der Waals surface area contributed by atoms with Crippen molar-refractivity contribution in [1.29, 1.82) is 0 Å². The van der Waals surface area contributed by atoms with Gasteiger partial charge in [-0.15, -0.1) is 0 Å². The lowest BCUT2D eigenvalue weighted by atomic mass is 10.2. The SMILES string of the molecule is CN(C)c1cccc(Nc2nc3ccc(C(=O)NCc4cccnc4)cc3s2)c1. The highest BCUT2D eigenvalue weighted by Crippen LogP contribution is 2.30. The highest BCUT2D eigenvalue weighted by atomic mass is 32.1. The summed E-state index contributed by atoms with van der Waals surface area (Å²) in [4.78, 5) is 23.2. The van der Waals surface area contributed by atoms with Crippen molar-refractivity contribution in [2.45, 2.75) is 6.54 Å². The zero-order chi connectivity index (χ0) is 20.2. The number of nitrogens with zero attached hydrogens (tertiary/aromatic N) is 3. The van der Waals surface area contributed by atoms with E-state index in [1.807, 2.05) is 50.5 Å².